The van der Waals surface area contributed by atoms with E-state index in [0.717, 1.165) is 11.3 Å². The van der Waals surface area contributed by atoms with Gasteiger partial charge in [0.05, 0.1) is 4.92 Å². The number of rotatable bonds is 4. The molecule has 0 amide bonds. The zero-order valence-corrected chi connectivity index (χ0v) is 12.1. The number of halogens is 2. The molecule has 0 heterocycles. The number of nitro benzene ring substituents is 1. The highest BCUT2D eigenvalue weighted by Crippen LogP contribution is 2.28. The molecule has 2 rings (SSSR count). The average molecular weight is 342 g/mol. The Morgan fingerprint density at radius 3 is 2.68 bits per heavy atom. The van der Waals surface area contributed by atoms with Crippen LogP contribution in [-0.2, 0) is 6.54 Å². The van der Waals surface area contributed by atoms with Gasteiger partial charge in [0.1, 0.15) is 4.47 Å². The molecule has 0 aliphatic heterocycles. The van der Waals surface area contributed by atoms with Crippen molar-refractivity contribution in [3.05, 3.63) is 67.6 Å². The fraction of sp³-hybridized carbons (Fsp3) is 0.0769. The van der Waals surface area contributed by atoms with Gasteiger partial charge in [-0.3, -0.25) is 10.1 Å². The quantitative estimate of drug-likeness (QED) is 0.652. The molecule has 2 aromatic rings. The molecule has 0 spiro atoms. The molecule has 0 radical (unpaired) electrons. The summed E-state index contributed by atoms with van der Waals surface area (Å²) in [6.45, 7) is 0.475. The first-order valence-corrected chi connectivity index (χ1v) is 6.66. The normalized spacial score (nSPS) is 10.2. The summed E-state index contributed by atoms with van der Waals surface area (Å²) in [6.07, 6.45) is 0. The van der Waals surface area contributed by atoms with Gasteiger partial charge in [-0.25, -0.2) is 0 Å². The van der Waals surface area contributed by atoms with Gasteiger partial charge >= 0.3 is 0 Å². The molecule has 0 aromatic heterocycles. The van der Waals surface area contributed by atoms with Gasteiger partial charge < -0.3 is 5.32 Å². The fourth-order valence-electron chi connectivity index (χ4n) is 1.64. The second-order valence-electron chi connectivity index (χ2n) is 3.87. The van der Waals surface area contributed by atoms with Crippen LogP contribution in [0.1, 0.15) is 5.56 Å². The highest BCUT2D eigenvalue weighted by molar-refractivity contribution is 9.10. The number of nitro groups is 1. The number of nitrogens with one attached hydrogen (secondary N) is 1. The van der Waals surface area contributed by atoms with Gasteiger partial charge in [0.15, 0.2) is 0 Å². The van der Waals surface area contributed by atoms with Crippen LogP contribution in [0.2, 0.25) is 5.02 Å². The molecule has 98 valence electrons. The summed E-state index contributed by atoms with van der Waals surface area (Å²) in [5, 5.41) is 14.6. The summed E-state index contributed by atoms with van der Waals surface area (Å²) in [5.74, 6) is 0. The smallest absolute Gasteiger partial charge is 0.283 e. The molecular formula is C13H10BrClN2O2. The van der Waals surface area contributed by atoms with Crippen molar-refractivity contribution in [1.82, 2.24) is 0 Å². The first-order valence-electron chi connectivity index (χ1n) is 5.49. The minimum absolute atomic E-state index is 0.0606. The Morgan fingerprint density at radius 2 is 2.00 bits per heavy atom. The van der Waals surface area contributed by atoms with E-state index in [1.54, 1.807) is 18.2 Å². The lowest BCUT2D eigenvalue weighted by Crippen LogP contribution is -2.01. The van der Waals surface area contributed by atoms with Gasteiger partial charge in [-0.2, -0.15) is 0 Å². The third kappa shape index (κ3) is 3.45. The molecule has 0 saturated heterocycles. The van der Waals surface area contributed by atoms with Crippen LogP contribution in [0.5, 0.6) is 0 Å². The lowest BCUT2D eigenvalue weighted by Gasteiger charge is -2.08. The van der Waals surface area contributed by atoms with E-state index in [2.05, 4.69) is 21.2 Å². The Hall–Kier alpha value is -1.59. The molecule has 0 atom stereocenters. The molecular weight excluding hydrogens is 332 g/mol. The van der Waals surface area contributed by atoms with Gasteiger partial charge in [-0.1, -0.05) is 29.8 Å². The van der Waals surface area contributed by atoms with Gasteiger partial charge in [0.2, 0.25) is 0 Å². The van der Waals surface area contributed by atoms with Crippen molar-refractivity contribution in [3.8, 4) is 0 Å². The molecule has 6 heteroatoms. The van der Waals surface area contributed by atoms with Crippen molar-refractivity contribution in [1.29, 1.82) is 0 Å². The second-order valence-corrected chi connectivity index (χ2v) is 5.10. The summed E-state index contributed by atoms with van der Waals surface area (Å²) in [5.41, 5.74) is 1.74. The van der Waals surface area contributed by atoms with Crippen molar-refractivity contribution >= 4 is 38.9 Å². The SMILES string of the molecule is O=[N+]([O-])c1cccc(CNc2cccc(Cl)c2)c1Br. The third-order valence-electron chi connectivity index (χ3n) is 2.56. The van der Waals surface area contributed by atoms with Crippen LogP contribution in [0.3, 0.4) is 0 Å². The Labute approximate surface area is 123 Å². The molecule has 0 fully saturated rings. The molecule has 0 unspecified atom stereocenters. The first-order chi connectivity index (χ1) is 9.08. The lowest BCUT2D eigenvalue weighted by molar-refractivity contribution is -0.385. The predicted molar refractivity (Wildman–Crippen MR) is 79.6 cm³/mol. The highest BCUT2D eigenvalue weighted by atomic mass is 79.9. The number of benzene rings is 2. The van der Waals surface area contributed by atoms with E-state index in [4.69, 9.17) is 11.6 Å². The first kappa shape index (κ1) is 13.8. The van der Waals surface area contributed by atoms with Gasteiger partial charge in [0.25, 0.3) is 5.69 Å². The fourth-order valence-corrected chi connectivity index (χ4v) is 2.38. The van der Waals surface area contributed by atoms with E-state index in [-0.39, 0.29) is 5.69 Å². The van der Waals surface area contributed by atoms with Crippen LogP contribution in [0.15, 0.2) is 46.9 Å². The van der Waals surface area contributed by atoms with Crippen LogP contribution >= 0.6 is 27.5 Å². The molecule has 0 aliphatic rings. The van der Waals surface area contributed by atoms with Crippen LogP contribution in [-0.4, -0.2) is 4.92 Å². The number of anilines is 1. The Balaban J connectivity index is 2.16. The van der Waals surface area contributed by atoms with Gasteiger partial charge in [0, 0.05) is 23.3 Å². The maximum atomic E-state index is 10.8. The molecule has 0 bridgehead atoms. The number of hydrogen-bond donors (Lipinski definition) is 1. The van der Waals surface area contributed by atoms with E-state index < -0.39 is 4.92 Å². The Morgan fingerprint density at radius 1 is 1.26 bits per heavy atom. The van der Waals surface area contributed by atoms with Crippen LogP contribution < -0.4 is 5.32 Å². The predicted octanol–water partition coefficient (Wildman–Crippen LogP) is 4.62. The maximum Gasteiger partial charge on any atom is 0.283 e. The Bertz CT molecular complexity index is 619. The minimum atomic E-state index is -0.410. The molecule has 4 nitrogen and oxygen atoms in total. The van der Waals surface area contributed by atoms with Gasteiger partial charge in [-0.15, -0.1) is 0 Å². The summed E-state index contributed by atoms with van der Waals surface area (Å²) in [7, 11) is 0. The summed E-state index contributed by atoms with van der Waals surface area (Å²) in [4.78, 5) is 10.4. The third-order valence-corrected chi connectivity index (χ3v) is 3.71. The standard InChI is InChI=1S/C13H10BrClN2O2/c14-13-9(3-1-6-12(13)17(18)19)8-16-11-5-2-4-10(15)7-11/h1-7,16H,8H2. The number of nitrogens with zero attached hydrogens (tertiary/aromatic N) is 1. The maximum absolute atomic E-state index is 10.8. The van der Waals surface area contributed by atoms with E-state index in [9.17, 15) is 10.1 Å². The van der Waals surface area contributed by atoms with E-state index in [1.165, 1.54) is 6.07 Å². The Kier molecular flexibility index (Phi) is 4.39. The lowest BCUT2D eigenvalue weighted by atomic mass is 10.2. The van der Waals surface area contributed by atoms with Crippen molar-refractivity contribution in [2.24, 2.45) is 0 Å². The average Bonchev–Trinajstić information content (AvgIpc) is 2.37. The largest absolute Gasteiger partial charge is 0.381 e. The van der Waals surface area contributed by atoms with Crippen LogP contribution in [0.25, 0.3) is 0 Å². The summed E-state index contributed by atoms with van der Waals surface area (Å²) >= 11 is 9.15. The zero-order valence-electron chi connectivity index (χ0n) is 9.77. The van der Waals surface area contributed by atoms with Crippen LogP contribution in [0.4, 0.5) is 11.4 Å². The van der Waals surface area contributed by atoms with Crippen molar-refractivity contribution < 1.29 is 4.92 Å². The molecule has 19 heavy (non-hydrogen) atoms. The zero-order chi connectivity index (χ0) is 13.8. The molecule has 1 N–H and O–H groups in total. The highest BCUT2D eigenvalue weighted by Gasteiger charge is 2.14. The van der Waals surface area contributed by atoms with Crippen molar-refractivity contribution in [2.45, 2.75) is 6.54 Å². The monoisotopic (exact) mass is 340 g/mol. The minimum Gasteiger partial charge on any atom is -0.381 e. The number of hydrogen-bond acceptors (Lipinski definition) is 3. The van der Waals surface area contributed by atoms with Crippen LogP contribution in [0, 0.1) is 10.1 Å². The molecule has 0 aliphatic carbocycles. The summed E-state index contributed by atoms with van der Waals surface area (Å²) in [6, 6.07) is 12.3. The van der Waals surface area contributed by atoms with Gasteiger partial charge in [-0.05, 0) is 39.7 Å². The van der Waals surface area contributed by atoms with E-state index in [0.29, 0.717) is 16.0 Å². The van der Waals surface area contributed by atoms with Crippen molar-refractivity contribution in [3.63, 3.8) is 0 Å². The van der Waals surface area contributed by atoms with E-state index >= 15 is 0 Å². The molecule has 2 aromatic carbocycles. The summed E-state index contributed by atoms with van der Waals surface area (Å²) < 4.78 is 0.495. The van der Waals surface area contributed by atoms with Crippen molar-refractivity contribution in [2.75, 3.05) is 5.32 Å². The second kappa shape index (κ2) is 6.04. The molecule has 0 saturated carbocycles. The van der Waals surface area contributed by atoms with E-state index in [1.807, 2.05) is 18.2 Å². The topological polar surface area (TPSA) is 55.2 Å².